The Morgan fingerprint density at radius 3 is 2.52 bits per heavy atom. The van der Waals surface area contributed by atoms with Gasteiger partial charge in [0.15, 0.2) is 21.4 Å². The number of ketones is 1. The van der Waals surface area contributed by atoms with Crippen LogP contribution in [0.3, 0.4) is 0 Å². The normalized spacial score (nSPS) is 22.9. The van der Waals surface area contributed by atoms with Crippen LogP contribution >= 0.6 is 0 Å². The molecular weight excluding hydrogens is 392 g/mol. The molecule has 2 saturated heterocycles. The van der Waals surface area contributed by atoms with E-state index in [1.165, 1.54) is 0 Å². The molecule has 1 atom stereocenters. The summed E-state index contributed by atoms with van der Waals surface area (Å²) >= 11 is 0. The van der Waals surface area contributed by atoms with E-state index in [0.29, 0.717) is 30.2 Å². The maximum absolute atomic E-state index is 13.0. The number of hydrogen-bond acceptors (Lipinski definition) is 7. The largest absolute Gasteiger partial charge is 0.344 e. The lowest BCUT2D eigenvalue weighted by Crippen LogP contribution is -2.37. The summed E-state index contributed by atoms with van der Waals surface area (Å²) in [7, 11) is -2.97. The monoisotopic (exact) mass is 420 g/mol. The van der Waals surface area contributed by atoms with E-state index in [1.54, 1.807) is 0 Å². The predicted octanol–water partition coefficient (Wildman–Crippen LogP) is 2.22. The Balaban J connectivity index is 1.40. The maximum atomic E-state index is 13.0. The highest BCUT2D eigenvalue weighted by Crippen LogP contribution is 2.30. The van der Waals surface area contributed by atoms with Crippen molar-refractivity contribution in [2.24, 2.45) is 0 Å². The summed E-state index contributed by atoms with van der Waals surface area (Å²) in [5.41, 5.74) is 2.55. The number of sulfone groups is 1. The van der Waals surface area contributed by atoms with Gasteiger partial charge in [0.2, 0.25) is 5.89 Å². The molecule has 0 radical (unpaired) electrons. The number of hydrogen-bond donors (Lipinski definition) is 0. The molecular formula is C20H28N4O4S. The molecule has 1 unspecified atom stereocenters. The molecule has 0 saturated carbocycles. The van der Waals surface area contributed by atoms with Gasteiger partial charge in [0.05, 0.1) is 18.1 Å². The lowest BCUT2D eigenvalue weighted by molar-refractivity contribution is 0.0904. The number of nitrogens with zero attached hydrogens (tertiary/aromatic N) is 4. The highest BCUT2D eigenvalue weighted by atomic mass is 32.2. The van der Waals surface area contributed by atoms with Crippen molar-refractivity contribution in [3.8, 4) is 0 Å². The fourth-order valence-corrected chi connectivity index (χ4v) is 6.41. The maximum Gasteiger partial charge on any atom is 0.229 e. The summed E-state index contributed by atoms with van der Waals surface area (Å²) in [5, 5.41) is 3.87. The number of carbonyl (C=O) groups excluding carboxylic acids is 1. The van der Waals surface area contributed by atoms with E-state index in [1.807, 2.05) is 31.4 Å². The van der Waals surface area contributed by atoms with Crippen molar-refractivity contribution in [3.63, 3.8) is 0 Å². The summed E-state index contributed by atoms with van der Waals surface area (Å²) < 4.78 is 31.1. The minimum atomic E-state index is -2.97. The molecule has 0 amide bonds. The Hall–Kier alpha value is -2.00. The lowest BCUT2D eigenvalue weighted by Gasteiger charge is -2.29. The van der Waals surface area contributed by atoms with Gasteiger partial charge in [-0.2, -0.15) is 4.98 Å². The molecule has 0 spiro atoms. The van der Waals surface area contributed by atoms with Crippen molar-refractivity contribution in [3.05, 3.63) is 34.7 Å². The van der Waals surface area contributed by atoms with Crippen LogP contribution in [0.2, 0.25) is 0 Å². The van der Waals surface area contributed by atoms with Crippen molar-refractivity contribution >= 4 is 15.6 Å². The standard InChI is InChI=1S/C20H28N4O4S/c1-13-10-18(14(2)24(13)17-6-9-29(26,27)12-17)19(25)11-23-7-4-16(5-8-23)20-21-15(3)22-28-20/h10,16-17H,4-9,11-12H2,1-3H3. The van der Waals surface area contributed by atoms with Crippen molar-refractivity contribution in [1.82, 2.24) is 19.6 Å². The number of rotatable bonds is 5. The smallest absolute Gasteiger partial charge is 0.229 e. The number of aryl methyl sites for hydroxylation is 2. The zero-order chi connectivity index (χ0) is 20.8. The fraction of sp³-hybridized carbons (Fsp3) is 0.650. The van der Waals surface area contributed by atoms with Gasteiger partial charge in [-0.05, 0) is 59.2 Å². The Morgan fingerprint density at radius 1 is 1.21 bits per heavy atom. The molecule has 0 bridgehead atoms. The Morgan fingerprint density at radius 2 is 1.93 bits per heavy atom. The van der Waals surface area contributed by atoms with Crippen molar-refractivity contribution < 1.29 is 17.7 Å². The summed E-state index contributed by atoms with van der Waals surface area (Å²) in [4.78, 5) is 19.5. The molecule has 2 aromatic rings. The molecule has 9 heteroatoms. The highest BCUT2D eigenvalue weighted by molar-refractivity contribution is 7.91. The SMILES string of the molecule is Cc1noc(C2CCN(CC(=O)c3cc(C)n(C4CCS(=O)(=O)C4)c3C)CC2)n1. The van der Waals surface area contributed by atoms with E-state index >= 15 is 0 Å². The summed E-state index contributed by atoms with van der Waals surface area (Å²) in [5.74, 6) is 2.10. The first-order chi connectivity index (χ1) is 13.7. The Labute approximate surface area is 171 Å². The molecule has 4 rings (SSSR count). The summed E-state index contributed by atoms with van der Waals surface area (Å²) in [6, 6.07) is 1.85. The number of carbonyl (C=O) groups is 1. The Kier molecular flexibility index (Phi) is 5.37. The third-order valence-electron chi connectivity index (χ3n) is 6.21. The number of aromatic nitrogens is 3. The topological polar surface area (TPSA) is 98.3 Å². The van der Waals surface area contributed by atoms with E-state index in [4.69, 9.17) is 4.52 Å². The number of Topliss-reactive ketones (excluding diaryl/α,β-unsaturated/α-hetero) is 1. The molecule has 2 aromatic heterocycles. The van der Waals surface area contributed by atoms with Crippen LogP contribution in [0.25, 0.3) is 0 Å². The third-order valence-corrected chi connectivity index (χ3v) is 7.96. The van der Waals surface area contributed by atoms with Gasteiger partial charge in [-0.15, -0.1) is 0 Å². The van der Waals surface area contributed by atoms with Crippen LogP contribution in [0.1, 0.15) is 64.7 Å². The van der Waals surface area contributed by atoms with Gasteiger partial charge in [-0.3, -0.25) is 9.69 Å². The van der Waals surface area contributed by atoms with Crippen molar-refractivity contribution in [2.75, 3.05) is 31.1 Å². The number of likely N-dealkylation sites (tertiary alicyclic amines) is 1. The van der Waals surface area contributed by atoms with Gasteiger partial charge in [-0.25, -0.2) is 8.42 Å². The molecule has 2 aliphatic heterocycles. The zero-order valence-electron chi connectivity index (χ0n) is 17.2. The molecule has 2 fully saturated rings. The molecule has 29 heavy (non-hydrogen) atoms. The van der Waals surface area contributed by atoms with E-state index in [2.05, 4.69) is 15.0 Å². The van der Waals surface area contributed by atoms with Gasteiger partial charge in [0.25, 0.3) is 0 Å². The minimum absolute atomic E-state index is 0.0600. The molecule has 0 aliphatic carbocycles. The van der Waals surface area contributed by atoms with Crippen LogP contribution in [-0.2, 0) is 9.84 Å². The molecule has 0 aromatic carbocycles. The van der Waals surface area contributed by atoms with Gasteiger partial charge in [0, 0.05) is 28.9 Å². The molecule has 0 N–H and O–H groups in total. The predicted molar refractivity (Wildman–Crippen MR) is 108 cm³/mol. The first-order valence-corrected chi connectivity index (χ1v) is 12.0. The molecule has 2 aliphatic rings. The van der Waals surface area contributed by atoms with Crippen LogP contribution < -0.4 is 0 Å². The fourth-order valence-electron chi connectivity index (χ4n) is 4.71. The van der Waals surface area contributed by atoms with Gasteiger partial charge in [-0.1, -0.05) is 5.16 Å². The Bertz CT molecular complexity index is 1020. The average molecular weight is 421 g/mol. The van der Waals surface area contributed by atoms with E-state index in [-0.39, 0.29) is 29.2 Å². The van der Waals surface area contributed by atoms with Crippen LogP contribution in [0.4, 0.5) is 0 Å². The first-order valence-electron chi connectivity index (χ1n) is 10.2. The summed E-state index contributed by atoms with van der Waals surface area (Å²) in [6.45, 7) is 7.71. The second kappa shape index (κ2) is 7.68. The van der Waals surface area contributed by atoms with Gasteiger partial charge < -0.3 is 9.09 Å². The van der Waals surface area contributed by atoms with E-state index < -0.39 is 9.84 Å². The van der Waals surface area contributed by atoms with Gasteiger partial charge in [0.1, 0.15) is 0 Å². The minimum Gasteiger partial charge on any atom is -0.344 e. The molecule has 8 nitrogen and oxygen atoms in total. The molecule has 4 heterocycles. The number of piperidine rings is 1. The quantitative estimate of drug-likeness (QED) is 0.684. The summed E-state index contributed by atoms with van der Waals surface area (Å²) in [6.07, 6.45) is 2.41. The van der Waals surface area contributed by atoms with Crippen molar-refractivity contribution in [2.45, 2.75) is 52.0 Å². The van der Waals surface area contributed by atoms with Crippen LogP contribution in [-0.4, -0.2) is 64.9 Å². The zero-order valence-corrected chi connectivity index (χ0v) is 18.0. The van der Waals surface area contributed by atoms with Gasteiger partial charge >= 0.3 is 0 Å². The first kappa shape index (κ1) is 20.3. The van der Waals surface area contributed by atoms with Crippen LogP contribution in [0.15, 0.2) is 10.6 Å². The van der Waals surface area contributed by atoms with E-state index in [0.717, 1.165) is 37.3 Å². The second-order valence-electron chi connectivity index (χ2n) is 8.37. The van der Waals surface area contributed by atoms with E-state index in [9.17, 15) is 13.2 Å². The average Bonchev–Trinajstić information content (AvgIpc) is 3.33. The molecule has 158 valence electrons. The third kappa shape index (κ3) is 4.16. The highest BCUT2D eigenvalue weighted by Gasteiger charge is 2.32. The second-order valence-corrected chi connectivity index (χ2v) is 10.6. The van der Waals surface area contributed by atoms with Crippen molar-refractivity contribution in [1.29, 1.82) is 0 Å². The van der Waals surface area contributed by atoms with Crippen LogP contribution in [0, 0.1) is 20.8 Å². The lowest BCUT2D eigenvalue weighted by atomic mass is 9.96. The van der Waals surface area contributed by atoms with Crippen LogP contribution in [0.5, 0.6) is 0 Å².